The van der Waals surface area contributed by atoms with Gasteiger partial charge < -0.3 is 16.0 Å². The number of aromatic nitrogens is 4. The number of hydrogen-bond donors (Lipinski definition) is 2. The van der Waals surface area contributed by atoms with Crippen molar-refractivity contribution in [2.75, 3.05) is 30.7 Å². The maximum Gasteiger partial charge on any atom is 0.226 e. The van der Waals surface area contributed by atoms with E-state index in [4.69, 9.17) is 5.73 Å². The van der Waals surface area contributed by atoms with Crippen molar-refractivity contribution in [3.63, 3.8) is 0 Å². The quantitative estimate of drug-likeness (QED) is 0.863. The second-order valence-corrected chi connectivity index (χ2v) is 5.31. The highest BCUT2D eigenvalue weighted by Gasteiger charge is 2.20. The zero-order valence-electron chi connectivity index (χ0n) is 12.0. The van der Waals surface area contributed by atoms with Crippen LogP contribution in [-0.4, -0.2) is 50.3 Å². The second-order valence-electron chi connectivity index (χ2n) is 5.31. The lowest BCUT2D eigenvalue weighted by molar-refractivity contribution is 0.226. The molecule has 20 heavy (non-hydrogen) atoms. The Hall–Kier alpha value is -1.89. The lowest BCUT2D eigenvalue weighted by Crippen LogP contribution is -2.42. The average Bonchev–Trinajstić information content (AvgIpc) is 2.81. The molecule has 0 unspecified atom stereocenters. The second kappa shape index (κ2) is 5.24. The topological polar surface area (TPSA) is 84.9 Å². The number of rotatable bonds is 3. The molecule has 0 aromatic carbocycles. The predicted octanol–water partition coefficient (Wildman–Crippen LogP) is 0.842. The largest absolute Gasteiger partial charge is 0.383 e. The lowest BCUT2D eigenvalue weighted by atomic mass is 10.1. The van der Waals surface area contributed by atoms with Crippen LogP contribution in [-0.2, 0) is 7.05 Å². The van der Waals surface area contributed by atoms with E-state index >= 15 is 0 Å². The fourth-order valence-corrected chi connectivity index (χ4v) is 2.75. The van der Waals surface area contributed by atoms with Gasteiger partial charge in [0, 0.05) is 19.6 Å². The summed E-state index contributed by atoms with van der Waals surface area (Å²) in [6.07, 6.45) is 4.05. The molecule has 3 N–H and O–H groups in total. The number of aryl methyl sites for hydroxylation is 1. The number of likely N-dealkylation sites (N-methyl/N-ethyl adjacent to an activating group) is 1. The molecule has 3 rings (SSSR count). The Morgan fingerprint density at radius 1 is 1.45 bits per heavy atom. The molecule has 2 aromatic heterocycles. The van der Waals surface area contributed by atoms with Crippen LogP contribution in [0, 0.1) is 0 Å². The molecule has 7 nitrogen and oxygen atoms in total. The molecular weight excluding hydrogens is 254 g/mol. The fraction of sp³-hybridized carbons (Fsp3) is 0.615. The molecule has 0 bridgehead atoms. The Morgan fingerprint density at radius 3 is 3.10 bits per heavy atom. The summed E-state index contributed by atoms with van der Waals surface area (Å²) in [6.45, 7) is 5.49. The van der Waals surface area contributed by atoms with E-state index in [2.05, 4.69) is 32.2 Å². The van der Waals surface area contributed by atoms with Gasteiger partial charge in [-0.15, -0.1) is 0 Å². The van der Waals surface area contributed by atoms with E-state index in [1.54, 1.807) is 10.9 Å². The highest BCUT2D eigenvalue weighted by Crippen LogP contribution is 2.20. The Balaban J connectivity index is 1.82. The first-order chi connectivity index (χ1) is 9.67. The van der Waals surface area contributed by atoms with Gasteiger partial charge in [0.15, 0.2) is 5.65 Å². The van der Waals surface area contributed by atoms with Crippen molar-refractivity contribution in [1.29, 1.82) is 0 Å². The SMILES string of the molecule is CCN1CCC[C@H](Nc2nc(N)c3cnn(C)c3n2)C1. The average molecular weight is 275 g/mol. The smallest absolute Gasteiger partial charge is 0.226 e. The van der Waals surface area contributed by atoms with E-state index in [-0.39, 0.29) is 0 Å². The maximum absolute atomic E-state index is 5.97. The van der Waals surface area contributed by atoms with Gasteiger partial charge in [0.25, 0.3) is 0 Å². The highest BCUT2D eigenvalue weighted by atomic mass is 15.3. The molecule has 3 heterocycles. The third-order valence-electron chi connectivity index (χ3n) is 3.91. The van der Waals surface area contributed by atoms with E-state index in [9.17, 15) is 0 Å². The van der Waals surface area contributed by atoms with Crippen molar-refractivity contribution in [1.82, 2.24) is 24.6 Å². The molecule has 7 heteroatoms. The lowest BCUT2D eigenvalue weighted by Gasteiger charge is -2.32. The molecular formula is C13H21N7. The minimum Gasteiger partial charge on any atom is -0.383 e. The minimum atomic E-state index is 0.383. The van der Waals surface area contributed by atoms with Gasteiger partial charge in [-0.1, -0.05) is 6.92 Å². The monoisotopic (exact) mass is 275 g/mol. The van der Waals surface area contributed by atoms with Crippen molar-refractivity contribution in [3.8, 4) is 0 Å². The summed E-state index contributed by atoms with van der Waals surface area (Å²) in [6, 6.07) is 0.383. The Labute approximate surface area is 118 Å². The van der Waals surface area contributed by atoms with Crippen LogP contribution >= 0.6 is 0 Å². The summed E-state index contributed by atoms with van der Waals surface area (Å²) < 4.78 is 1.72. The number of hydrogen-bond acceptors (Lipinski definition) is 6. The molecule has 0 aliphatic carbocycles. The van der Waals surface area contributed by atoms with Crippen LogP contribution in [0.1, 0.15) is 19.8 Å². The predicted molar refractivity (Wildman–Crippen MR) is 79.5 cm³/mol. The van der Waals surface area contributed by atoms with E-state index in [1.807, 2.05) is 7.05 Å². The summed E-state index contributed by atoms with van der Waals surface area (Å²) in [4.78, 5) is 11.3. The van der Waals surface area contributed by atoms with Crippen LogP contribution < -0.4 is 11.1 Å². The molecule has 0 spiro atoms. The maximum atomic E-state index is 5.97. The van der Waals surface area contributed by atoms with Crippen LogP contribution in [0.2, 0.25) is 0 Å². The molecule has 1 aliphatic rings. The number of nitrogens with two attached hydrogens (primary N) is 1. The summed E-state index contributed by atoms with van der Waals surface area (Å²) >= 11 is 0. The molecule has 1 saturated heterocycles. The fourth-order valence-electron chi connectivity index (χ4n) is 2.75. The number of piperidine rings is 1. The van der Waals surface area contributed by atoms with E-state index in [0.29, 0.717) is 17.8 Å². The van der Waals surface area contributed by atoms with Gasteiger partial charge in [0.05, 0.1) is 11.6 Å². The number of nitrogens with zero attached hydrogens (tertiary/aromatic N) is 5. The molecule has 108 valence electrons. The van der Waals surface area contributed by atoms with Crippen LogP contribution in [0.25, 0.3) is 11.0 Å². The number of likely N-dealkylation sites (tertiary alicyclic amines) is 1. The summed E-state index contributed by atoms with van der Waals surface area (Å²) in [5.74, 6) is 1.08. The van der Waals surface area contributed by atoms with Gasteiger partial charge >= 0.3 is 0 Å². The van der Waals surface area contributed by atoms with Crippen molar-refractivity contribution >= 4 is 22.8 Å². The molecule has 0 saturated carbocycles. The van der Waals surface area contributed by atoms with Crippen molar-refractivity contribution in [2.45, 2.75) is 25.8 Å². The first kappa shape index (κ1) is 13.1. The number of nitrogens with one attached hydrogen (secondary N) is 1. The Morgan fingerprint density at radius 2 is 2.30 bits per heavy atom. The zero-order valence-corrected chi connectivity index (χ0v) is 12.0. The third-order valence-corrected chi connectivity index (χ3v) is 3.91. The Kier molecular flexibility index (Phi) is 3.43. The zero-order chi connectivity index (χ0) is 14.1. The standard InChI is InChI=1S/C13H21N7/c1-3-20-6-4-5-9(8-20)16-13-17-11(14)10-7-15-19(2)12(10)18-13/h7,9H,3-6,8H2,1-2H3,(H3,14,16,17,18)/t9-/m0/s1. The van der Waals surface area contributed by atoms with Gasteiger partial charge in [-0.2, -0.15) is 15.1 Å². The van der Waals surface area contributed by atoms with Gasteiger partial charge in [-0.25, -0.2) is 0 Å². The summed E-state index contributed by atoms with van der Waals surface area (Å²) in [5, 5.41) is 8.38. The van der Waals surface area contributed by atoms with Gasteiger partial charge in [0.1, 0.15) is 5.82 Å². The normalized spacial score (nSPS) is 20.4. The summed E-state index contributed by atoms with van der Waals surface area (Å²) in [7, 11) is 1.86. The molecule has 1 atom stereocenters. The summed E-state index contributed by atoms with van der Waals surface area (Å²) in [5.41, 5.74) is 6.74. The highest BCUT2D eigenvalue weighted by molar-refractivity contribution is 5.86. The van der Waals surface area contributed by atoms with E-state index in [1.165, 1.54) is 13.0 Å². The molecule has 0 amide bonds. The number of anilines is 2. The van der Waals surface area contributed by atoms with E-state index < -0.39 is 0 Å². The number of nitrogen functional groups attached to an aromatic ring is 1. The van der Waals surface area contributed by atoms with E-state index in [0.717, 1.165) is 30.5 Å². The van der Waals surface area contributed by atoms with Crippen LogP contribution in [0.5, 0.6) is 0 Å². The Bertz CT molecular complexity index is 606. The van der Waals surface area contributed by atoms with Crippen LogP contribution in [0.15, 0.2) is 6.20 Å². The third kappa shape index (κ3) is 2.40. The van der Waals surface area contributed by atoms with Crippen molar-refractivity contribution in [2.24, 2.45) is 7.05 Å². The molecule has 2 aromatic rings. The first-order valence-electron chi connectivity index (χ1n) is 7.11. The molecule has 1 fully saturated rings. The van der Waals surface area contributed by atoms with Gasteiger partial charge in [0.2, 0.25) is 5.95 Å². The van der Waals surface area contributed by atoms with Crippen LogP contribution in [0.4, 0.5) is 11.8 Å². The molecule has 0 radical (unpaired) electrons. The van der Waals surface area contributed by atoms with Gasteiger partial charge in [-0.05, 0) is 25.9 Å². The van der Waals surface area contributed by atoms with Crippen molar-refractivity contribution in [3.05, 3.63) is 6.20 Å². The van der Waals surface area contributed by atoms with Crippen molar-refractivity contribution < 1.29 is 0 Å². The van der Waals surface area contributed by atoms with Crippen LogP contribution in [0.3, 0.4) is 0 Å². The number of fused-ring (bicyclic) bond motifs is 1. The first-order valence-corrected chi connectivity index (χ1v) is 7.11. The molecule has 1 aliphatic heterocycles. The minimum absolute atomic E-state index is 0.383. The van der Waals surface area contributed by atoms with Gasteiger partial charge in [-0.3, -0.25) is 4.68 Å².